The molecule has 110 valence electrons. The molecule has 2 rings (SSSR count). The molecular formula is C14H19BrN2O2S. The first-order valence-electron chi connectivity index (χ1n) is 6.81. The van der Waals surface area contributed by atoms with E-state index in [-0.39, 0.29) is 10.6 Å². The highest BCUT2D eigenvalue weighted by atomic mass is 79.9. The normalized spacial score (nSPS) is 22.7. The SMILES string of the molecule is CSC1CCCCC1NCc1cc(Br)ccc1[N+](=O)[O-]. The number of nitro groups is 1. The highest BCUT2D eigenvalue weighted by molar-refractivity contribution is 9.10. The molecule has 4 nitrogen and oxygen atoms in total. The van der Waals surface area contributed by atoms with E-state index in [0.717, 1.165) is 16.5 Å². The van der Waals surface area contributed by atoms with E-state index in [4.69, 9.17) is 0 Å². The molecule has 1 aromatic rings. The largest absolute Gasteiger partial charge is 0.309 e. The van der Waals surface area contributed by atoms with Crippen LogP contribution in [0.15, 0.2) is 22.7 Å². The third-order valence-electron chi connectivity index (χ3n) is 3.80. The summed E-state index contributed by atoms with van der Waals surface area (Å²) in [4.78, 5) is 10.8. The molecule has 0 bridgehead atoms. The number of nitro benzene ring substituents is 1. The fourth-order valence-corrected chi connectivity index (χ4v) is 4.10. The lowest BCUT2D eigenvalue weighted by Crippen LogP contribution is -2.40. The van der Waals surface area contributed by atoms with Crippen molar-refractivity contribution in [1.29, 1.82) is 0 Å². The average molecular weight is 359 g/mol. The molecule has 0 saturated heterocycles. The molecule has 20 heavy (non-hydrogen) atoms. The van der Waals surface area contributed by atoms with Gasteiger partial charge in [0.1, 0.15) is 0 Å². The van der Waals surface area contributed by atoms with Gasteiger partial charge in [0, 0.05) is 33.9 Å². The Balaban J connectivity index is 2.06. The standard InChI is InChI=1S/C14H19BrN2O2S/c1-20-14-5-3-2-4-12(14)16-9-10-8-11(15)6-7-13(10)17(18)19/h6-8,12,14,16H,2-5,9H2,1H3. The lowest BCUT2D eigenvalue weighted by atomic mass is 9.94. The summed E-state index contributed by atoms with van der Waals surface area (Å²) in [5.74, 6) is 0. The minimum atomic E-state index is -0.309. The maximum Gasteiger partial charge on any atom is 0.273 e. The van der Waals surface area contributed by atoms with Crippen LogP contribution in [0.25, 0.3) is 0 Å². The summed E-state index contributed by atoms with van der Waals surface area (Å²) >= 11 is 5.28. The molecule has 0 aromatic heterocycles. The van der Waals surface area contributed by atoms with E-state index in [0.29, 0.717) is 17.8 Å². The molecule has 1 aliphatic rings. The number of nitrogens with one attached hydrogen (secondary N) is 1. The Kier molecular flexibility index (Phi) is 5.86. The Bertz CT molecular complexity index is 484. The lowest BCUT2D eigenvalue weighted by Gasteiger charge is -2.31. The van der Waals surface area contributed by atoms with Crippen LogP contribution < -0.4 is 5.32 Å². The van der Waals surface area contributed by atoms with Crippen LogP contribution >= 0.6 is 27.7 Å². The second kappa shape index (κ2) is 7.43. The minimum absolute atomic E-state index is 0.192. The number of thioether (sulfide) groups is 1. The molecule has 1 fully saturated rings. The van der Waals surface area contributed by atoms with E-state index in [2.05, 4.69) is 27.5 Å². The monoisotopic (exact) mass is 358 g/mol. The van der Waals surface area contributed by atoms with Crippen molar-refractivity contribution in [2.24, 2.45) is 0 Å². The molecule has 0 heterocycles. The molecule has 6 heteroatoms. The van der Waals surface area contributed by atoms with E-state index in [1.165, 1.54) is 19.3 Å². The summed E-state index contributed by atoms with van der Waals surface area (Å²) in [7, 11) is 0. The smallest absolute Gasteiger partial charge is 0.273 e. The maximum absolute atomic E-state index is 11.1. The number of rotatable bonds is 5. The zero-order chi connectivity index (χ0) is 14.5. The van der Waals surface area contributed by atoms with Gasteiger partial charge in [-0.1, -0.05) is 28.8 Å². The van der Waals surface area contributed by atoms with E-state index in [9.17, 15) is 10.1 Å². The van der Waals surface area contributed by atoms with Gasteiger partial charge in [-0.15, -0.1) is 0 Å². The van der Waals surface area contributed by atoms with Crippen LogP contribution in [0.4, 0.5) is 5.69 Å². The van der Waals surface area contributed by atoms with Gasteiger partial charge in [-0.3, -0.25) is 10.1 Å². The second-order valence-corrected chi connectivity index (χ2v) is 7.07. The number of halogens is 1. The van der Waals surface area contributed by atoms with Gasteiger partial charge in [-0.25, -0.2) is 0 Å². The van der Waals surface area contributed by atoms with Gasteiger partial charge in [0.2, 0.25) is 0 Å². The van der Waals surface area contributed by atoms with Crippen LogP contribution in [0, 0.1) is 10.1 Å². The molecule has 2 unspecified atom stereocenters. The Labute approximate surface area is 132 Å². The highest BCUT2D eigenvalue weighted by Crippen LogP contribution is 2.28. The molecule has 1 aromatic carbocycles. The van der Waals surface area contributed by atoms with Gasteiger partial charge in [0.15, 0.2) is 0 Å². The molecule has 0 amide bonds. The fraction of sp³-hybridized carbons (Fsp3) is 0.571. The third-order valence-corrected chi connectivity index (χ3v) is 5.46. The van der Waals surface area contributed by atoms with Crippen molar-refractivity contribution < 1.29 is 4.92 Å². The molecule has 0 radical (unpaired) electrons. The van der Waals surface area contributed by atoms with Crippen LogP contribution in [-0.4, -0.2) is 22.5 Å². The quantitative estimate of drug-likeness (QED) is 0.635. The molecule has 1 saturated carbocycles. The van der Waals surface area contributed by atoms with Gasteiger partial charge in [-0.2, -0.15) is 11.8 Å². The van der Waals surface area contributed by atoms with Gasteiger partial charge in [0.25, 0.3) is 5.69 Å². The van der Waals surface area contributed by atoms with Crippen LogP contribution in [-0.2, 0) is 6.54 Å². The van der Waals surface area contributed by atoms with Gasteiger partial charge >= 0.3 is 0 Å². The Morgan fingerprint density at radius 2 is 2.20 bits per heavy atom. The van der Waals surface area contributed by atoms with E-state index < -0.39 is 0 Å². The zero-order valence-electron chi connectivity index (χ0n) is 11.5. The third kappa shape index (κ3) is 3.96. The van der Waals surface area contributed by atoms with Crippen molar-refractivity contribution in [1.82, 2.24) is 5.32 Å². The van der Waals surface area contributed by atoms with E-state index in [1.54, 1.807) is 12.1 Å². The minimum Gasteiger partial charge on any atom is -0.309 e. The predicted octanol–water partition coefficient (Wildman–Crippen LogP) is 4.12. The zero-order valence-corrected chi connectivity index (χ0v) is 13.9. The Morgan fingerprint density at radius 3 is 2.90 bits per heavy atom. The summed E-state index contributed by atoms with van der Waals surface area (Å²) in [6.45, 7) is 0.553. The topological polar surface area (TPSA) is 55.2 Å². The number of benzene rings is 1. The van der Waals surface area contributed by atoms with Crippen molar-refractivity contribution in [3.63, 3.8) is 0 Å². The first kappa shape index (κ1) is 15.8. The Morgan fingerprint density at radius 1 is 1.45 bits per heavy atom. The molecular weight excluding hydrogens is 340 g/mol. The van der Waals surface area contributed by atoms with Crippen molar-refractivity contribution in [3.05, 3.63) is 38.3 Å². The van der Waals surface area contributed by atoms with Crippen LogP contribution in [0.5, 0.6) is 0 Å². The van der Waals surface area contributed by atoms with Crippen molar-refractivity contribution in [2.75, 3.05) is 6.26 Å². The molecule has 1 aliphatic carbocycles. The number of hydrogen-bond donors (Lipinski definition) is 1. The van der Waals surface area contributed by atoms with Crippen molar-refractivity contribution >= 4 is 33.4 Å². The molecule has 2 atom stereocenters. The van der Waals surface area contributed by atoms with E-state index >= 15 is 0 Å². The van der Waals surface area contributed by atoms with Gasteiger partial charge in [0.05, 0.1) is 4.92 Å². The van der Waals surface area contributed by atoms with Gasteiger partial charge < -0.3 is 5.32 Å². The van der Waals surface area contributed by atoms with E-state index in [1.807, 2.05) is 17.8 Å². The summed E-state index contributed by atoms with van der Waals surface area (Å²) < 4.78 is 0.880. The summed E-state index contributed by atoms with van der Waals surface area (Å²) in [5, 5.41) is 15.2. The van der Waals surface area contributed by atoms with Crippen LogP contribution in [0.1, 0.15) is 31.2 Å². The van der Waals surface area contributed by atoms with Gasteiger partial charge in [-0.05, 0) is 31.2 Å². The Hall–Kier alpha value is -0.590. The lowest BCUT2D eigenvalue weighted by molar-refractivity contribution is -0.385. The molecule has 1 N–H and O–H groups in total. The number of nitrogens with zero attached hydrogens (tertiary/aromatic N) is 1. The average Bonchev–Trinajstić information content (AvgIpc) is 2.45. The van der Waals surface area contributed by atoms with Crippen LogP contribution in [0.3, 0.4) is 0 Å². The summed E-state index contributed by atoms with van der Waals surface area (Å²) in [5.41, 5.74) is 0.937. The fourth-order valence-electron chi connectivity index (χ4n) is 2.73. The first-order valence-corrected chi connectivity index (χ1v) is 8.89. The second-order valence-electron chi connectivity index (χ2n) is 5.08. The maximum atomic E-state index is 11.1. The van der Waals surface area contributed by atoms with Crippen molar-refractivity contribution in [3.8, 4) is 0 Å². The van der Waals surface area contributed by atoms with Crippen LogP contribution in [0.2, 0.25) is 0 Å². The predicted molar refractivity (Wildman–Crippen MR) is 87.2 cm³/mol. The summed E-state index contributed by atoms with van der Waals surface area (Å²) in [6, 6.07) is 5.57. The number of hydrogen-bond acceptors (Lipinski definition) is 4. The molecule has 0 aliphatic heterocycles. The summed E-state index contributed by atoms with van der Waals surface area (Å²) in [6.07, 6.45) is 7.08. The molecule has 0 spiro atoms. The van der Waals surface area contributed by atoms with Crippen molar-refractivity contribution in [2.45, 2.75) is 43.5 Å². The first-order chi connectivity index (χ1) is 9.61. The highest BCUT2D eigenvalue weighted by Gasteiger charge is 2.24.